The molecule has 0 radical (unpaired) electrons. The first-order chi connectivity index (χ1) is 10.1. The maximum atomic E-state index is 13.6. The van der Waals surface area contributed by atoms with Crippen LogP contribution in [0.4, 0.5) is 10.1 Å². The predicted molar refractivity (Wildman–Crippen MR) is 79.2 cm³/mol. The Balaban J connectivity index is 1.90. The van der Waals surface area contributed by atoms with Crippen LogP contribution in [0.15, 0.2) is 42.5 Å². The molecular weight excluding hydrogens is 269 g/mol. The van der Waals surface area contributed by atoms with Gasteiger partial charge >= 0.3 is 5.97 Å². The molecule has 108 valence electrons. The Morgan fingerprint density at radius 2 is 2.05 bits per heavy atom. The average Bonchev–Trinajstić information content (AvgIpc) is 2.47. The number of para-hydroxylation sites is 1. The molecule has 1 aliphatic rings. The highest BCUT2D eigenvalue weighted by Gasteiger charge is 2.17. The zero-order valence-electron chi connectivity index (χ0n) is 11.6. The van der Waals surface area contributed by atoms with E-state index in [1.807, 2.05) is 12.1 Å². The lowest BCUT2D eigenvalue weighted by atomic mass is 10.0. The van der Waals surface area contributed by atoms with Gasteiger partial charge in [0.15, 0.2) is 0 Å². The standard InChI is InChI=1S/C17H16FNO2/c18-15-9-12(8-14(10-15)17(20)21)11-19-7-3-5-13-4-1-2-6-16(13)19/h1-2,4,6,8-10H,3,5,7,11H2,(H,20,21). The van der Waals surface area contributed by atoms with Crippen LogP contribution in [0, 0.1) is 5.82 Å². The van der Waals surface area contributed by atoms with Crippen LogP contribution in [-0.4, -0.2) is 17.6 Å². The summed E-state index contributed by atoms with van der Waals surface area (Å²) in [4.78, 5) is 13.2. The Bertz CT molecular complexity index is 684. The Hall–Kier alpha value is -2.36. The molecule has 0 aliphatic carbocycles. The minimum atomic E-state index is -1.10. The van der Waals surface area contributed by atoms with Gasteiger partial charge in [0.1, 0.15) is 5.82 Å². The van der Waals surface area contributed by atoms with Crippen molar-refractivity contribution in [1.29, 1.82) is 0 Å². The van der Waals surface area contributed by atoms with E-state index in [9.17, 15) is 9.18 Å². The summed E-state index contributed by atoms with van der Waals surface area (Å²) in [6.07, 6.45) is 2.11. The second-order valence-electron chi connectivity index (χ2n) is 5.31. The SMILES string of the molecule is O=C(O)c1cc(F)cc(CN2CCCc3ccccc32)c1. The molecule has 1 heterocycles. The molecule has 0 fully saturated rings. The first-order valence-corrected chi connectivity index (χ1v) is 6.99. The van der Waals surface area contributed by atoms with Gasteiger partial charge in [-0.15, -0.1) is 0 Å². The van der Waals surface area contributed by atoms with Crippen molar-refractivity contribution >= 4 is 11.7 Å². The number of fused-ring (bicyclic) bond motifs is 1. The molecule has 0 unspecified atom stereocenters. The smallest absolute Gasteiger partial charge is 0.335 e. The summed E-state index contributed by atoms with van der Waals surface area (Å²) >= 11 is 0. The number of carbonyl (C=O) groups is 1. The lowest BCUT2D eigenvalue weighted by molar-refractivity contribution is 0.0696. The van der Waals surface area contributed by atoms with Crippen LogP contribution >= 0.6 is 0 Å². The number of carboxylic acid groups (broad SMARTS) is 1. The largest absolute Gasteiger partial charge is 0.478 e. The van der Waals surface area contributed by atoms with E-state index in [0.29, 0.717) is 12.1 Å². The summed E-state index contributed by atoms with van der Waals surface area (Å²) in [5.74, 6) is -1.61. The van der Waals surface area contributed by atoms with E-state index in [-0.39, 0.29) is 5.56 Å². The number of rotatable bonds is 3. The molecule has 0 bridgehead atoms. The molecule has 3 rings (SSSR count). The number of hydrogen-bond donors (Lipinski definition) is 1. The number of benzene rings is 2. The topological polar surface area (TPSA) is 40.5 Å². The van der Waals surface area contributed by atoms with E-state index in [2.05, 4.69) is 17.0 Å². The molecule has 2 aromatic carbocycles. The third-order valence-corrected chi connectivity index (χ3v) is 3.78. The van der Waals surface area contributed by atoms with Crippen molar-refractivity contribution in [3.05, 3.63) is 65.0 Å². The zero-order valence-corrected chi connectivity index (χ0v) is 11.6. The predicted octanol–water partition coefficient (Wildman–Crippen LogP) is 3.48. The van der Waals surface area contributed by atoms with Crippen molar-refractivity contribution in [2.75, 3.05) is 11.4 Å². The van der Waals surface area contributed by atoms with Gasteiger partial charge in [-0.05, 0) is 48.2 Å². The summed E-state index contributed by atoms with van der Waals surface area (Å²) in [7, 11) is 0. The second-order valence-corrected chi connectivity index (χ2v) is 5.31. The van der Waals surface area contributed by atoms with Crippen LogP contribution in [0.3, 0.4) is 0 Å². The third-order valence-electron chi connectivity index (χ3n) is 3.78. The van der Waals surface area contributed by atoms with Gasteiger partial charge in [0.05, 0.1) is 5.56 Å². The van der Waals surface area contributed by atoms with Crippen LogP contribution in [0.25, 0.3) is 0 Å². The summed E-state index contributed by atoms with van der Waals surface area (Å²) in [6, 6.07) is 12.2. The fourth-order valence-corrected chi connectivity index (χ4v) is 2.86. The quantitative estimate of drug-likeness (QED) is 0.938. The van der Waals surface area contributed by atoms with Gasteiger partial charge in [0.2, 0.25) is 0 Å². The molecule has 3 nitrogen and oxygen atoms in total. The monoisotopic (exact) mass is 285 g/mol. The molecular formula is C17H16FNO2. The fraction of sp³-hybridized carbons (Fsp3) is 0.235. The molecule has 0 spiro atoms. The van der Waals surface area contributed by atoms with Crippen LogP contribution < -0.4 is 4.90 Å². The number of halogens is 1. The van der Waals surface area contributed by atoms with Crippen molar-refractivity contribution in [3.63, 3.8) is 0 Å². The highest BCUT2D eigenvalue weighted by molar-refractivity contribution is 5.87. The van der Waals surface area contributed by atoms with E-state index in [0.717, 1.165) is 31.1 Å². The maximum Gasteiger partial charge on any atom is 0.335 e. The Morgan fingerprint density at radius 3 is 2.86 bits per heavy atom. The number of aryl methyl sites for hydroxylation is 1. The van der Waals surface area contributed by atoms with Crippen molar-refractivity contribution in [3.8, 4) is 0 Å². The highest BCUT2D eigenvalue weighted by atomic mass is 19.1. The number of nitrogens with zero attached hydrogens (tertiary/aromatic N) is 1. The molecule has 21 heavy (non-hydrogen) atoms. The van der Waals surface area contributed by atoms with Crippen molar-refractivity contribution in [1.82, 2.24) is 0 Å². The van der Waals surface area contributed by atoms with Crippen molar-refractivity contribution in [2.24, 2.45) is 0 Å². The van der Waals surface area contributed by atoms with Crippen LogP contribution in [-0.2, 0) is 13.0 Å². The molecule has 0 atom stereocenters. The van der Waals surface area contributed by atoms with Gasteiger partial charge in [0, 0.05) is 18.8 Å². The first-order valence-electron chi connectivity index (χ1n) is 6.99. The minimum absolute atomic E-state index is 0.00436. The zero-order chi connectivity index (χ0) is 14.8. The van der Waals surface area contributed by atoms with Gasteiger partial charge in [-0.1, -0.05) is 18.2 Å². The maximum absolute atomic E-state index is 13.6. The molecule has 4 heteroatoms. The van der Waals surface area contributed by atoms with E-state index >= 15 is 0 Å². The van der Waals surface area contributed by atoms with Gasteiger partial charge in [-0.25, -0.2) is 9.18 Å². The van der Waals surface area contributed by atoms with Crippen LogP contribution in [0.2, 0.25) is 0 Å². The minimum Gasteiger partial charge on any atom is -0.478 e. The number of hydrogen-bond acceptors (Lipinski definition) is 2. The van der Waals surface area contributed by atoms with E-state index in [4.69, 9.17) is 5.11 Å². The molecule has 1 aliphatic heterocycles. The number of aromatic carboxylic acids is 1. The molecule has 0 amide bonds. The second kappa shape index (κ2) is 5.56. The summed E-state index contributed by atoms with van der Waals surface area (Å²) < 4.78 is 13.6. The van der Waals surface area contributed by atoms with Gasteiger partial charge in [0.25, 0.3) is 0 Å². The molecule has 0 saturated carbocycles. The molecule has 0 aromatic heterocycles. The van der Waals surface area contributed by atoms with Gasteiger partial charge in [-0.3, -0.25) is 0 Å². The van der Waals surface area contributed by atoms with Gasteiger partial charge in [-0.2, -0.15) is 0 Å². The Kier molecular flexibility index (Phi) is 3.60. The number of anilines is 1. The average molecular weight is 285 g/mol. The van der Waals surface area contributed by atoms with Crippen LogP contribution in [0.5, 0.6) is 0 Å². The van der Waals surface area contributed by atoms with E-state index < -0.39 is 11.8 Å². The third kappa shape index (κ3) is 2.89. The van der Waals surface area contributed by atoms with Crippen LogP contribution in [0.1, 0.15) is 27.9 Å². The highest BCUT2D eigenvalue weighted by Crippen LogP contribution is 2.28. The Labute approximate surface area is 122 Å². The van der Waals surface area contributed by atoms with E-state index in [1.54, 1.807) is 6.07 Å². The lowest BCUT2D eigenvalue weighted by Crippen LogP contribution is -2.28. The van der Waals surface area contributed by atoms with Crippen molar-refractivity contribution < 1.29 is 14.3 Å². The summed E-state index contributed by atoms with van der Waals surface area (Å²) in [5.41, 5.74) is 3.13. The van der Waals surface area contributed by atoms with Gasteiger partial charge < -0.3 is 10.0 Å². The summed E-state index contributed by atoms with van der Waals surface area (Å²) in [6.45, 7) is 1.42. The first kappa shape index (κ1) is 13.6. The Morgan fingerprint density at radius 1 is 1.24 bits per heavy atom. The summed E-state index contributed by atoms with van der Waals surface area (Å²) in [5, 5.41) is 9.02. The normalized spacial score (nSPS) is 13.9. The lowest BCUT2D eigenvalue weighted by Gasteiger charge is -2.31. The molecule has 1 N–H and O–H groups in total. The number of carboxylic acids is 1. The molecule has 0 saturated heterocycles. The van der Waals surface area contributed by atoms with Crippen molar-refractivity contribution in [2.45, 2.75) is 19.4 Å². The fourth-order valence-electron chi connectivity index (χ4n) is 2.86. The van der Waals surface area contributed by atoms with E-state index in [1.165, 1.54) is 11.6 Å². The molecule has 2 aromatic rings.